The average Bonchev–Trinajstić information content (AvgIpc) is 2.96. The Morgan fingerprint density at radius 3 is 2.36 bits per heavy atom. The van der Waals surface area contributed by atoms with E-state index >= 15 is 0 Å². The molecule has 0 saturated heterocycles. The van der Waals surface area contributed by atoms with Crippen LogP contribution in [0.15, 0.2) is 29.4 Å². The van der Waals surface area contributed by atoms with Crippen molar-refractivity contribution >= 4 is 27.3 Å². The highest BCUT2D eigenvalue weighted by Crippen LogP contribution is 2.18. The van der Waals surface area contributed by atoms with Crippen molar-refractivity contribution in [3.05, 3.63) is 29.8 Å². The van der Waals surface area contributed by atoms with E-state index in [1.54, 1.807) is 12.1 Å². The van der Waals surface area contributed by atoms with E-state index in [1.807, 2.05) is 19.1 Å². The zero-order chi connectivity index (χ0) is 16.2. The molecule has 0 radical (unpaired) electrons. The molecular weight excluding hydrogens is 302 g/mol. The molecule has 6 nitrogen and oxygen atoms in total. The average molecular weight is 323 g/mol. The fraction of sp³-hybridized carbons (Fsp3) is 0.467. The molecule has 1 aliphatic rings. The van der Waals surface area contributed by atoms with Gasteiger partial charge in [-0.05, 0) is 44.7 Å². The van der Waals surface area contributed by atoms with Gasteiger partial charge in [-0.15, -0.1) is 0 Å². The van der Waals surface area contributed by atoms with Gasteiger partial charge in [0.2, 0.25) is 10.0 Å². The minimum Gasteiger partial charge on any atom is -0.271 e. The summed E-state index contributed by atoms with van der Waals surface area (Å²) in [5, 5.41) is 4.06. The molecule has 0 unspecified atom stereocenters. The van der Waals surface area contributed by atoms with Gasteiger partial charge in [-0.3, -0.25) is 9.10 Å². The van der Waals surface area contributed by atoms with Crippen LogP contribution in [0.5, 0.6) is 0 Å². The molecule has 0 heterocycles. The van der Waals surface area contributed by atoms with Crippen LogP contribution in [0, 0.1) is 6.92 Å². The molecule has 2 rings (SSSR count). The van der Waals surface area contributed by atoms with Gasteiger partial charge in [0.1, 0.15) is 6.54 Å². The summed E-state index contributed by atoms with van der Waals surface area (Å²) in [6.07, 6.45) is 5.06. The van der Waals surface area contributed by atoms with E-state index in [1.165, 1.54) is 0 Å². The Balaban J connectivity index is 2.08. The van der Waals surface area contributed by atoms with E-state index in [9.17, 15) is 13.2 Å². The molecule has 1 fully saturated rings. The normalized spacial score (nSPS) is 14.7. The fourth-order valence-electron chi connectivity index (χ4n) is 2.31. The molecule has 0 atom stereocenters. The number of hydrogen-bond acceptors (Lipinski definition) is 4. The largest absolute Gasteiger partial charge is 0.271 e. The summed E-state index contributed by atoms with van der Waals surface area (Å²) in [5.41, 5.74) is 4.91. The number of amides is 1. The molecule has 1 aromatic carbocycles. The van der Waals surface area contributed by atoms with Crippen LogP contribution in [0.4, 0.5) is 5.69 Å². The van der Waals surface area contributed by atoms with E-state index in [2.05, 4.69) is 10.5 Å². The Kier molecular flexibility index (Phi) is 5.18. The first-order valence-electron chi connectivity index (χ1n) is 7.25. The lowest BCUT2D eigenvalue weighted by atomic mass is 10.2. The highest BCUT2D eigenvalue weighted by atomic mass is 32.2. The lowest BCUT2D eigenvalue weighted by Gasteiger charge is -2.21. The summed E-state index contributed by atoms with van der Waals surface area (Å²) in [4.78, 5) is 12.0. The van der Waals surface area contributed by atoms with Crippen molar-refractivity contribution in [1.29, 1.82) is 0 Å². The van der Waals surface area contributed by atoms with Crippen LogP contribution in [-0.2, 0) is 14.8 Å². The Bertz CT molecular complexity index is 658. The number of nitrogens with one attached hydrogen (secondary N) is 1. The Labute approximate surface area is 131 Å². The van der Waals surface area contributed by atoms with Gasteiger partial charge in [-0.2, -0.15) is 5.10 Å². The second-order valence-electron chi connectivity index (χ2n) is 5.53. The molecule has 1 saturated carbocycles. The molecule has 7 heteroatoms. The first-order chi connectivity index (χ1) is 10.4. The zero-order valence-corrected chi connectivity index (χ0v) is 13.7. The van der Waals surface area contributed by atoms with E-state index in [0.717, 1.165) is 47.5 Å². The highest BCUT2D eigenvalue weighted by Gasteiger charge is 2.20. The second-order valence-corrected chi connectivity index (χ2v) is 7.43. The van der Waals surface area contributed by atoms with E-state index < -0.39 is 15.9 Å². The number of anilines is 1. The van der Waals surface area contributed by atoms with Gasteiger partial charge in [0.25, 0.3) is 5.91 Å². The van der Waals surface area contributed by atoms with Crippen molar-refractivity contribution in [3.8, 4) is 0 Å². The van der Waals surface area contributed by atoms with Crippen LogP contribution in [-0.4, -0.2) is 32.8 Å². The van der Waals surface area contributed by atoms with Crippen LogP contribution < -0.4 is 9.73 Å². The van der Waals surface area contributed by atoms with Crippen LogP contribution in [0.3, 0.4) is 0 Å². The molecule has 0 aromatic heterocycles. The third-order valence-corrected chi connectivity index (χ3v) is 4.67. The Morgan fingerprint density at radius 2 is 1.82 bits per heavy atom. The summed E-state index contributed by atoms with van der Waals surface area (Å²) in [7, 11) is -3.54. The summed E-state index contributed by atoms with van der Waals surface area (Å²) >= 11 is 0. The molecule has 1 aromatic rings. The van der Waals surface area contributed by atoms with E-state index in [-0.39, 0.29) is 6.54 Å². The SMILES string of the molecule is Cc1ccc(N(CC(=O)NN=C2CCCC2)S(C)(=O)=O)cc1. The maximum Gasteiger partial charge on any atom is 0.260 e. The standard InChI is InChI=1S/C15H21N3O3S/c1-12-7-9-14(10-8-12)18(22(2,20)21)11-15(19)17-16-13-5-3-4-6-13/h7-10H,3-6,11H2,1-2H3,(H,17,19). The summed E-state index contributed by atoms with van der Waals surface area (Å²) in [5.74, 6) is -0.439. The van der Waals surface area contributed by atoms with Gasteiger partial charge < -0.3 is 0 Å². The van der Waals surface area contributed by atoms with Crippen LogP contribution in [0.1, 0.15) is 31.2 Å². The zero-order valence-electron chi connectivity index (χ0n) is 12.9. The van der Waals surface area contributed by atoms with Crippen molar-refractivity contribution < 1.29 is 13.2 Å². The molecule has 22 heavy (non-hydrogen) atoms. The quantitative estimate of drug-likeness (QED) is 0.839. The van der Waals surface area contributed by atoms with Crippen molar-refractivity contribution in [3.63, 3.8) is 0 Å². The van der Waals surface area contributed by atoms with Crippen molar-refractivity contribution in [1.82, 2.24) is 5.43 Å². The van der Waals surface area contributed by atoms with Crippen LogP contribution in [0.25, 0.3) is 0 Å². The van der Waals surface area contributed by atoms with Gasteiger partial charge in [-0.25, -0.2) is 13.8 Å². The molecule has 1 aliphatic carbocycles. The lowest BCUT2D eigenvalue weighted by Crippen LogP contribution is -2.39. The number of nitrogens with zero attached hydrogens (tertiary/aromatic N) is 2. The van der Waals surface area contributed by atoms with Gasteiger partial charge >= 0.3 is 0 Å². The minimum atomic E-state index is -3.54. The molecule has 120 valence electrons. The number of benzene rings is 1. The number of sulfonamides is 1. The Hall–Kier alpha value is -1.89. The summed E-state index contributed by atoms with van der Waals surface area (Å²) in [6.45, 7) is 1.64. The number of aryl methyl sites for hydroxylation is 1. The summed E-state index contributed by atoms with van der Waals surface area (Å²) < 4.78 is 24.9. The predicted molar refractivity (Wildman–Crippen MR) is 87.4 cm³/mol. The van der Waals surface area contributed by atoms with Crippen molar-refractivity contribution in [2.75, 3.05) is 17.1 Å². The topological polar surface area (TPSA) is 78.8 Å². The number of rotatable bonds is 5. The van der Waals surface area contributed by atoms with E-state index in [4.69, 9.17) is 0 Å². The second kappa shape index (κ2) is 6.91. The number of carbonyl (C=O) groups excluding carboxylic acids is 1. The van der Waals surface area contributed by atoms with Gasteiger partial charge in [0.15, 0.2) is 0 Å². The molecule has 0 aliphatic heterocycles. The third-order valence-electron chi connectivity index (χ3n) is 3.53. The number of hydrogen-bond donors (Lipinski definition) is 1. The first-order valence-corrected chi connectivity index (χ1v) is 9.10. The predicted octanol–water partition coefficient (Wildman–Crippen LogP) is 1.81. The van der Waals surface area contributed by atoms with Crippen LogP contribution in [0.2, 0.25) is 0 Å². The fourth-order valence-corrected chi connectivity index (χ4v) is 3.17. The summed E-state index contributed by atoms with van der Waals surface area (Å²) in [6, 6.07) is 6.99. The van der Waals surface area contributed by atoms with E-state index in [0.29, 0.717) is 5.69 Å². The third kappa shape index (κ3) is 4.56. The minimum absolute atomic E-state index is 0.279. The monoisotopic (exact) mass is 323 g/mol. The maximum absolute atomic E-state index is 12.0. The highest BCUT2D eigenvalue weighted by molar-refractivity contribution is 7.92. The molecular formula is C15H21N3O3S. The van der Waals surface area contributed by atoms with Gasteiger partial charge in [-0.1, -0.05) is 17.7 Å². The molecule has 1 N–H and O–H groups in total. The molecule has 1 amide bonds. The molecule has 0 spiro atoms. The van der Waals surface area contributed by atoms with Crippen molar-refractivity contribution in [2.24, 2.45) is 5.10 Å². The first kappa shape index (κ1) is 16.5. The van der Waals surface area contributed by atoms with Crippen molar-refractivity contribution in [2.45, 2.75) is 32.6 Å². The Morgan fingerprint density at radius 1 is 1.23 bits per heavy atom. The lowest BCUT2D eigenvalue weighted by molar-refractivity contribution is -0.119. The van der Waals surface area contributed by atoms with Gasteiger partial charge in [0.05, 0.1) is 11.9 Å². The number of carbonyl (C=O) groups is 1. The van der Waals surface area contributed by atoms with Gasteiger partial charge in [0, 0.05) is 5.71 Å². The molecule has 0 bridgehead atoms. The van der Waals surface area contributed by atoms with Crippen LogP contribution >= 0.6 is 0 Å². The number of hydrazone groups is 1. The maximum atomic E-state index is 12.0. The smallest absolute Gasteiger partial charge is 0.260 e.